The molecule has 2 aromatic carbocycles. The Morgan fingerprint density at radius 1 is 1.00 bits per heavy atom. The van der Waals surface area contributed by atoms with Crippen LogP contribution in [-0.2, 0) is 16.0 Å². The van der Waals surface area contributed by atoms with Crippen LogP contribution >= 0.6 is 0 Å². The van der Waals surface area contributed by atoms with Crippen molar-refractivity contribution in [3.63, 3.8) is 0 Å². The molecule has 0 saturated heterocycles. The first-order chi connectivity index (χ1) is 13.1. The van der Waals surface area contributed by atoms with Crippen LogP contribution in [0.1, 0.15) is 39.7 Å². The number of carbonyl (C=O) groups excluding carboxylic acids is 1. The van der Waals surface area contributed by atoms with Gasteiger partial charge in [0.2, 0.25) is 5.91 Å². The molecule has 0 aliphatic carbocycles. The Hall–Kier alpha value is -2.88. The smallest absolute Gasteiger partial charge is 0.331 e. The van der Waals surface area contributed by atoms with E-state index in [1.54, 1.807) is 13.0 Å². The third-order valence-electron chi connectivity index (χ3n) is 4.34. The molecule has 0 aliphatic rings. The number of nitrogens with one attached hydrogen (secondary N) is 1. The van der Waals surface area contributed by atoms with Gasteiger partial charge in [-0.05, 0) is 35.4 Å². The molecule has 4 nitrogen and oxygen atoms in total. The summed E-state index contributed by atoms with van der Waals surface area (Å²) in [5.41, 5.74) is 3.40. The van der Waals surface area contributed by atoms with Gasteiger partial charge in [0.05, 0.1) is 6.04 Å². The average Bonchev–Trinajstić information content (AvgIpc) is 2.61. The Morgan fingerprint density at radius 3 is 2.11 bits per heavy atom. The lowest BCUT2D eigenvalue weighted by Gasteiger charge is -2.21. The minimum atomic E-state index is -0.977. The first kappa shape index (κ1) is 21.4. The van der Waals surface area contributed by atoms with Crippen LogP contribution in [0, 0.1) is 5.41 Å². The summed E-state index contributed by atoms with van der Waals surface area (Å²) in [6.45, 7) is 7.55. The maximum absolute atomic E-state index is 12.4. The third kappa shape index (κ3) is 7.03. The summed E-state index contributed by atoms with van der Waals surface area (Å²) in [5.74, 6) is -1.05. The van der Waals surface area contributed by atoms with E-state index in [0.29, 0.717) is 12.8 Å². The second kappa shape index (κ2) is 9.36. The number of carboxylic acid groups (broad SMARTS) is 1. The molecule has 4 heteroatoms. The fourth-order valence-corrected chi connectivity index (χ4v) is 2.98. The SMILES string of the molecule is C/C(=C\[C@@H](Cc1ccc(-c2ccccc2)cc1)NC(=O)CC(C)(C)C)C(=O)O. The van der Waals surface area contributed by atoms with Crippen LogP contribution < -0.4 is 5.32 Å². The van der Waals surface area contributed by atoms with Crippen molar-refractivity contribution in [1.29, 1.82) is 0 Å². The van der Waals surface area contributed by atoms with E-state index >= 15 is 0 Å². The third-order valence-corrected chi connectivity index (χ3v) is 4.34. The van der Waals surface area contributed by atoms with Gasteiger partial charge in [-0.1, -0.05) is 81.4 Å². The van der Waals surface area contributed by atoms with E-state index in [4.69, 9.17) is 0 Å². The van der Waals surface area contributed by atoms with Crippen molar-refractivity contribution in [2.75, 3.05) is 0 Å². The zero-order valence-corrected chi connectivity index (χ0v) is 17.0. The van der Waals surface area contributed by atoms with Gasteiger partial charge in [-0.3, -0.25) is 4.79 Å². The van der Waals surface area contributed by atoms with Crippen LogP contribution in [0.3, 0.4) is 0 Å². The van der Waals surface area contributed by atoms with Crippen molar-refractivity contribution in [3.8, 4) is 11.1 Å². The molecular formula is C24H29NO3. The monoisotopic (exact) mass is 379 g/mol. The quantitative estimate of drug-likeness (QED) is 0.676. The first-order valence-corrected chi connectivity index (χ1v) is 9.49. The van der Waals surface area contributed by atoms with Gasteiger partial charge in [0.25, 0.3) is 0 Å². The van der Waals surface area contributed by atoms with Crippen molar-refractivity contribution < 1.29 is 14.7 Å². The van der Waals surface area contributed by atoms with E-state index < -0.39 is 5.97 Å². The number of amides is 1. The van der Waals surface area contributed by atoms with E-state index in [0.717, 1.165) is 16.7 Å². The Balaban J connectivity index is 2.16. The predicted molar refractivity (Wildman–Crippen MR) is 113 cm³/mol. The summed E-state index contributed by atoms with van der Waals surface area (Å²) in [4.78, 5) is 23.6. The lowest BCUT2D eigenvalue weighted by molar-refractivity contribution is -0.132. The zero-order chi connectivity index (χ0) is 20.7. The van der Waals surface area contributed by atoms with E-state index in [-0.39, 0.29) is 22.9 Å². The van der Waals surface area contributed by atoms with Crippen molar-refractivity contribution in [3.05, 3.63) is 71.8 Å². The van der Waals surface area contributed by atoms with Crippen LogP contribution in [0.15, 0.2) is 66.2 Å². The molecule has 0 spiro atoms. The Morgan fingerprint density at radius 2 is 1.57 bits per heavy atom. The summed E-state index contributed by atoms with van der Waals surface area (Å²) in [7, 11) is 0. The first-order valence-electron chi connectivity index (χ1n) is 9.49. The van der Waals surface area contributed by atoms with Crippen LogP contribution in [0.5, 0.6) is 0 Å². The second-order valence-corrected chi connectivity index (χ2v) is 8.33. The maximum atomic E-state index is 12.4. The highest BCUT2D eigenvalue weighted by atomic mass is 16.4. The fraction of sp³-hybridized carbons (Fsp3) is 0.333. The van der Waals surface area contributed by atoms with Gasteiger partial charge < -0.3 is 10.4 Å². The van der Waals surface area contributed by atoms with Gasteiger partial charge in [0, 0.05) is 12.0 Å². The second-order valence-electron chi connectivity index (χ2n) is 8.33. The maximum Gasteiger partial charge on any atom is 0.331 e. The Bertz CT molecular complexity index is 830. The van der Waals surface area contributed by atoms with E-state index in [2.05, 4.69) is 17.4 Å². The Kier molecular flexibility index (Phi) is 7.16. The molecule has 0 unspecified atom stereocenters. The molecule has 1 amide bonds. The molecule has 2 N–H and O–H groups in total. The largest absolute Gasteiger partial charge is 0.478 e. The van der Waals surface area contributed by atoms with E-state index in [1.165, 1.54) is 0 Å². The van der Waals surface area contributed by atoms with Crippen LogP contribution in [0.2, 0.25) is 0 Å². The van der Waals surface area contributed by atoms with Crippen molar-refractivity contribution in [2.45, 2.75) is 46.6 Å². The molecule has 0 bridgehead atoms. The lowest BCUT2D eigenvalue weighted by atomic mass is 9.91. The molecule has 0 aromatic heterocycles. The van der Waals surface area contributed by atoms with E-state index in [9.17, 15) is 14.7 Å². The Labute approximate surface area is 167 Å². The van der Waals surface area contributed by atoms with Crippen LogP contribution in [0.25, 0.3) is 11.1 Å². The van der Waals surface area contributed by atoms with Gasteiger partial charge >= 0.3 is 5.97 Å². The fourth-order valence-electron chi connectivity index (χ4n) is 2.98. The predicted octanol–water partition coefficient (Wildman–Crippen LogP) is 4.85. The number of carboxylic acids is 1. The number of aliphatic carboxylic acids is 1. The number of benzene rings is 2. The molecule has 1 atom stereocenters. The number of hydrogen-bond donors (Lipinski definition) is 2. The van der Waals surface area contributed by atoms with Gasteiger partial charge in [-0.25, -0.2) is 4.79 Å². The van der Waals surface area contributed by atoms with Crippen molar-refractivity contribution >= 4 is 11.9 Å². The van der Waals surface area contributed by atoms with Crippen molar-refractivity contribution in [1.82, 2.24) is 5.32 Å². The van der Waals surface area contributed by atoms with Gasteiger partial charge in [0.1, 0.15) is 0 Å². The number of carbonyl (C=O) groups is 2. The average molecular weight is 380 g/mol. The standard InChI is InChI=1S/C24H29NO3/c1-17(23(27)28)14-21(25-22(26)16-24(2,3)4)15-18-10-12-20(13-11-18)19-8-6-5-7-9-19/h5-14,21H,15-16H2,1-4H3,(H,25,26)(H,27,28)/b17-14+/t21-/m0/s1. The molecule has 0 heterocycles. The molecule has 0 radical (unpaired) electrons. The minimum Gasteiger partial charge on any atom is -0.478 e. The topological polar surface area (TPSA) is 66.4 Å². The molecule has 2 aromatic rings. The molecule has 28 heavy (non-hydrogen) atoms. The lowest BCUT2D eigenvalue weighted by Crippen LogP contribution is -2.37. The van der Waals surface area contributed by atoms with Crippen molar-refractivity contribution in [2.24, 2.45) is 5.41 Å². The van der Waals surface area contributed by atoms with E-state index in [1.807, 2.05) is 63.2 Å². The highest BCUT2D eigenvalue weighted by molar-refractivity contribution is 5.86. The highest BCUT2D eigenvalue weighted by Crippen LogP contribution is 2.21. The zero-order valence-electron chi connectivity index (χ0n) is 17.0. The molecule has 148 valence electrons. The minimum absolute atomic E-state index is 0.0761. The molecule has 0 saturated carbocycles. The number of rotatable bonds is 7. The summed E-state index contributed by atoms with van der Waals surface area (Å²) in [6, 6.07) is 17.9. The molecule has 0 aliphatic heterocycles. The molecular weight excluding hydrogens is 350 g/mol. The van der Waals surface area contributed by atoms with Gasteiger partial charge in [-0.2, -0.15) is 0 Å². The number of hydrogen-bond acceptors (Lipinski definition) is 2. The summed E-state index contributed by atoms with van der Waals surface area (Å²) in [5, 5.41) is 12.2. The van der Waals surface area contributed by atoms with Gasteiger partial charge in [-0.15, -0.1) is 0 Å². The normalized spacial score (nSPS) is 13.1. The molecule has 2 rings (SSSR count). The summed E-state index contributed by atoms with van der Waals surface area (Å²) < 4.78 is 0. The highest BCUT2D eigenvalue weighted by Gasteiger charge is 2.19. The van der Waals surface area contributed by atoms with Crippen LogP contribution in [-0.4, -0.2) is 23.0 Å². The summed E-state index contributed by atoms with van der Waals surface area (Å²) in [6.07, 6.45) is 2.54. The molecule has 0 fully saturated rings. The van der Waals surface area contributed by atoms with Gasteiger partial charge in [0.15, 0.2) is 0 Å². The van der Waals surface area contributed by atoms with Crippen LogP contribution in [0.4, 0.5) is 0 Å². The summed E-state index contributed by atoms with van der Waals surface area (Å²) >= 11 is 0.